The summed E-state index contributed by atoms with van der Waals surface area (Å²) in [7, 11) is 0. The number of anilines is 1. The Morgan fingerprint density at radius 3 is 2.47 bits per heavy atom. The van der Waals surface area contributed by atoms with Crippen LogP contribution in [0.25, 0.3) is 0 Å². The van der Waals surface area contributed by atoms with Crippen molar-refractivity contribution in [1.82, 2.24) is 10.2 Å². The molecule has 1 heterocycles. The molecule has 1 aliphatic rings. The van der Waals surface area contributed by atoms with Gasteiger partial charge in [-0.05, 0) is 52.0 Å². The van der Waals surface area contributed by atoms with Gasteiger partial charge in [0, 0.05) is 12.6 Å². The fraction of sp³-hybridized carbons (Fsp3) is 0.643. The third-order valence-corrected chi connectivity index (χ3v) is 3.75. The van der Waals surface area contributed by atoms with Gasteiger partial charge in [0.1, 0.15) is 5.84 Å². The van der Waals surface area contributed by atoms with E-state index in [1.165, 1.54) is 12.8 Å². The zero-order chi connectivity index (χ0) is 14.2. The second kappa shape index (κ2) is 5.15. The Bertz CT molecular complexity index is 491. The summed E-state index contributed by atoms with van der Waals surface area (Å²) in [5, 5.41) is 16.4. The average molecular weight is 261 g/mol. The Balaban J connectivity index is 2.45. The van der Waals surface area contributed by atoms with Crippen LogP contribution in [0.3, 0.4) is 0 Å². The lowest BCUT2D eigenvalue weighted by atomic mass is 10.1. The van der Waals surface area contributed by atoms with E-state index >= 15 is 0 Å². The number of aryl methyl sites for hydroxylation is 1. The second-order valence-electron chi connectivity index (χ2n) is 5.71. The first-order valence-electron chi connectivity index (χ1n) is 6.86. The molecule has 0 aliphatic heterocycles. The standard InChI is InChI=1S/C14H23N5/c1-8(2)19(7-11-5-6-11)14-12(13(15)16)9(3)10(4)17-18-14/h8,11H,5-7H2,1-4H3,(H3,15,16). The molecule has 1 aromatic rings. The van der Waals surface area contributed by atoms with Gasteiger partial charge in [-0.15, -0.1) is 5.10 Å². The summed E-state index contributed by atoms with van der Waals surface area (Å²) in [4.78, 5) is 2.23. The van der Waals surface area contributed by atoms with Gasteiger partial charge in [0.25, 0.3) is 0 Å². The van der Waals surface area contributed by atoms with Crippen LogP contribution in [0.1, 0.15) is 43.5 Å². The molecule has 0 saturated heterocycles. The fourth-order valence-corrected chi connectivity index (χ4v) is 2.24. The maximum Gasteiger partial charge on any atom is 0.162 e. The normalized spacial score (nSPS) is 14.8. The number of nitrogen functional groups attached to an aromatic ring is 1. The number of nitrogens with two attached hydrogens (primary N) is 1. The lowest BCUT2D eigenvalue weighted by Gasteiger charge is -2.29. The molecule has 5 nitrogen and oxygen atoms in total. The van der Waals surface area contributed by atoms with E-state index < -0.39 is 0 Å². The van der Waals surface area contributed by atoms with Gasteiger partial charge in [0.2, 0.25) is 0 Å². The van der Waals surface area contributed by atoms with Gasteiger partial charge in [0.05, 0.1) is 11.3 Å². The first-order valence-corrected chi connectivity index (χ1v) is 6.86. The largest absolute Gasteiger partial charge is 0.384 e. The lowest BCUT2D eigenvalue weighted by Crippen LogP contribution is -2.36. The molecule has 1 saturated carbocycles. The van der Waals surface area contributed by atoms with Crippen molar-refractivity contribution in [2.24, 2.45) is 11.7 Å². The zero-order valence-corrected chi connectivity index (χ0v) is 12.2. The minimum atomic E-state index is 0.0759. The van der Waals surface area contributed by atoms with E-state index in [0.717, 1.165) is 35.1 Å². The van der Waals surface area contributed by atoms with Gasteiger partial charge in [0.15, 0.2) is 5.82 Å². The van der Waals surface area contributed by atoms with E-state index in [9.17, 15) is 0 Å². The number of amidine groups is 1. The van der Waals surface area contributed by atoms with Crippen LogP contribution in [0.5, 0.6) is 0 Å². The van der Waals surface area contributed by atoms with Crippen molar-refractivity contribution >= 4 is 11.7 Å². The minimum absolute atomic E-state index is 0.0759. The number of hydrogen-bond acceptors (Lipinski definition) is 4. The zero-order valence-electron chi connectivity index (χ0n) is 12.2. The molecule has 0 amide bonds. The van der Waals surface area contributed by atoms with Crippen molar-refractivity contribution in [3.63, 3.8) is 0 Å². The summed E-state index contributed by atoms with van der Waals surface area (Å²) in [5.41, 5.74) is 8.29. The molecular formula is C14H23N5. The van der Waals surface area contributed by atoms with Crippen molar-refractivity contribution in [3.8, 4) is 0 Å². The summed E-state index contributed by atoms with van der Waals surface area (Å²) in [5.74, 6) is 1.59. The highest BCUT2D eigenvalue weighted by Gasteiger charge is 2.28. The Morgan fingerprint density at radius 2 is 2.00 bits per heavy atom. The van der Waals surface area contributed by atoms with Crippen LogP contribution in [0.15, 0.2) is 0 Å². The first-order chi connectivity index (χ1) is 8.91. The Kier molecular flexibility index (Phi) is 3.73. The van der Waals surface area contributed by atoms with Crippen LogP contribution in [0.4, 0.5) is 5.82 Å². The van der Waals surface area contributed by atoms with E-state index in [1.54, 1.807) is 0 Å². The van der Waals surface area contributed by atoms with Crippen LogP contribution in [0, 0.1) is 25.2 Å². The molecule has 2 rings (SSSR count). The molecule has 0 bridgehead atoms. The van der Waals surface area contributed by atoms with Gasteiger partial charge >= 0.3 is 0 Å². The molecule has 1 aromatic heterocycles. The van der Waals surface area contributed by atoms with Crippen molar-refractivity contribution in [1.29, 1.82) is 5.41 Å². The molecule has 0 unspecified atom stereocenters. The average Bonchev–Trinajstić information content (AvgIpc) is 3.12. The summed E-state index contributed by atoms with van der Waals surface area (Å²) in [6.45, 7) is 9.13. The van der Waals surface area contributed by atoms with Crippen molar-refractivity contribution < 1.29 is 0 Å². The number of nitrogens with zero attached hydrogens (tertiary/aromatic N) is 3. The van der Waals surface area contributed by atoms with Gasteiger partial charge in [-0.3, -0.25) is 5.41 Å². The molecule has 3 N–H and O–H groups in total. The van der Waals surface area contributed by atoms with Crippen molar-refractivity contribution in [3.05, 3.63) is 16.8 Å². The number of hydrogen-bond donors (Lipinski definition) is 2. The first kappa shape index (κ1) is 13.8. The molecule has 1 aliphatic carbocycles. The highest BCUT2D eigenvalue weighted by Crippen LogP contribution is 2.33. The second-order valence-corrected chi connectivity index (χ2v) is 5.71. The maximum absolute atomic E-state index is 7.83. The third kappa shape index (κ3) is 2.85. The molecule has 0 aromatic carbocycles. The molecular weight excluding hydrogens is 238 g/mol. The van der Waals surface area contributed by atoms with Crippen LogP contribution in [-0.2, 0) is 0 Å². The highest BCUT2D eigenvalue weighted by molar-refractivity contribution is 6.01. The summed E-state index contributed by atoms with van der Waals surface area (Å²) in [6.07, 6.45) is 2.58. The number of nitrogens with one attached hydrogen (secondary N) is 1. The Morgan fingerprint density at radius 1 is 1.37 bits per heavy atom. The maximum atomic E-state index is 7.83. The smallest absolute Gasteiger partial charge is 0.162 e. The van der Waals surface area contributed by atoms with Crippen molar-refractivity contribution in [2.75, 3.05) is 11.4 Å². The van der Waals surface area contributed by atoms with Crippen LogP contribution in [0.2, 0.25) is 0 Å². The predicted molar refractivity (Wildman–Crippen MR) is 77.7 cm³/mol. The molecule has 1 fully saturated rings. The third-order valence-electron chi connectivity index (χ3n) is 3.75. The summed E-state index contributed by atoms with van der Waals surface area (Å²) in [6, 6.07) is 0.329. The van der Waals surface area contributed by atoms with Gasteiger partial charge in [-0.1, -0.05) is 0 Å². The summed E-state index contributed by atoms with van der Waals surface area (Å²) >= 11 is 0. The molecule has 104 valence electrons. The van der Waals surface area contributed by atoms with Crippen LogP contribution < -0.4 is 10.6 Å². The van der Waals surface area contributed by atoms with E-state index in [-0.39, 0.29) is 5.84 Å². The van der Waals surface area contributed by atoms with Gasteiger partial charge in [-0.2, -0.15) is 5.10 Å². The predicted octanol–water partition coefficient (Wildman–Crippen LogP) is 2.00. The minimum Gasteiger partial charge on any atom is -0.384 e. The highest BCUT2D eigenvalue weighted by atomic mass is 15.3. The summed E-state index contributed by atoms with van der Waals surface area (Å²) < 4.78 is 0. The fourth-order valence-electron chi connectivity index (χ4n) is 2.24. The van der Waals surface area contributed by atoms with Crippen molar-refractivity contribution in [2.45, 2.75) is 46.6 Å². The van der Waals surface area contributed by atoms with E-state index in [2.05, 4.69) is 28.9 Å². The van der Waals surface area contributed by atoms with Gasteiger partial charge in [-0.25, -0.2) is 0 Å². The molecule has 5 heteroatoms. The molecule has 0 radical (unpaired) electrons. The topological polar surface area (TPSA) is 78.9 Å². The van der Waals surface area contributed by atoms with E-state index in [1.807, 2.05) is 13.8 Å². The van der Waals surface area contributed by atoms with E-state index in [0.29, 0.717) is 6.04 Å². The molecule has 0 spiro atoms. The monoisotopic (exact) mass is 261 g/mol. The van der Waals surface area contributed by atoms with E-state index in [4.69, 9.17) is 11.1 Å². The Hall–Kier alpha value is -1.65. The quantitative estimate of drug-likeness (QED) is 0.627. The number of rotatable bonds is 5. The van der Waals surface area contributed by atoms with Crippen LogP contribution in [-0.4, -0.2) is 28.6 Å². The van der Waals surface area contributed by atoms with Crippen LogP contribution >= 0.6 is 0 Å². The lowest BCUT2D eigenvalue weighted by molar-refractivity contribution is 0.630. The van der Waals surface area contributed by atoms with Gasteiger partial charge < -0.3 is 10.6 Å². The molecule has 19 heavy (non-hydrogen) atoms. The number of aromatic nitrogens is 2. The molecule has 0 atom stereocenters. The Labute approximate surface area is 114 Å². The SMILES string of the molecule is Cc1nnc(N(CC2CC2)C(C)C)c(C(=N)N)c1C.